The van der Waals surface area contributed by atoms with Gasteiger partial charge in [-0.15, -0.1) is 11.3 Å². The lowest BCUT2D eigenvalue weighted by Gasteiger charge is -2.07. The lowest BCUT2D eigenvalue weighted by atomic mass is 10.1. The highest BCUT2D eigenvalue weighted by Crippen LogP contribution is 2.32. The van der Waals surface area contributed by atoms with E-state index >= 15 is 0 Å². The van der Waals surface area contributed by atoms with Crippen LogP contribution >= 0.6 is 11.3 Å². The highest BCUT2D eigenvalue weighted by atomic mass is 32.1. The molecule has 2 rings (SSSR count). The Balaban J connectivity index is 1.96. The SMILES string of the molecule is CCOC(=O)c1c(NC(=O)C[NH2+]Cc2ccccc2)sc(C)c1C. The number of benzene rings is 1. The van der Waals surface area contributed by atoms with Crippen molar-refractivity contribution in [3.63, 3.8) is 0 Å². The summed E-state index contributed by atoms with van der Waals surface area (Å²) < 4.78 is 5.09. The molecule has 0 aliphatic carbocycles. The van der Waals surface area contributed by atoms with Crippen LogP contribution in [0.5, 0.6) is 0 Å². The molecule has 0 unspecified atom stereocenters. The van der Waals surface area contributed by atoms with E-state index in [1.807, 2.05) is 49.5 Å². The summed E-state index contributed by atoms with van der Waals surface area (Å²) in [5.74, 6) is -0.513. The summed E-state index contributed by atoms with van der Waals surface area (Å²) in [4.78, 5) is 25.3. The number of esters is 1. The van der Waals surface area contributed by atoms with E-state index in [0.717, 1.165) is 17.0 Å². The fraction of sp³-hybridized carbons (Fsp3) is 0.333. The molecule has 0 bridgehead atoms. The Morgan fingerprint density at radius 2 is 1.92 bits per heavy atom. The third-order valence-electron chi connectivity index (χ3n) is 3.67. The van der Waals surface area contributed by atoms with Gasteiger partial charge in [0.15, 0.2) is 6.54 Å². The lowest BCUT2D eigenvalue weighted by molar-refractivity contribution is -0.659. The summed E-state index contributed by atoms with van der Waals surface area (Å²) in [6.45, 7) is 6.92. The van der Waals surface area contributed by atoms with Gasteiger partial charge in [0.25, 0.3) is 5.91 Å². The Bertz CT molecular complexity index is 711. The van der Waals surface area contributed by atoms with Gasteiger partial charge in [-0.25, -0.2) is 4.79 Å². The third kappa shape index (κ3) is 4.66. The second-order valence-corrected chi connectivity index (χ2v) is 6.66. The molecule has 0 saturated carbocycles. The molecule has 0 radical (unpaired) electrons. The van der Waals surface area contributed by atoms with Gasteiger partial charge in [0.2, 0.25) is 0 Å². The van der Waals surface area contributed by atoms with Crippen LogP contribution in [-0.2, 0) is 16.1 Å². The van der Waals surface area contributed by atoms with E-state index in [0.29, 0.717) is 23.7 Å². The van der Waals surface area contributed by atoms with Crippen LogP contribution in [0.15, 0.2) is 30.3 Å². The number of aryl methyl sites for hydroxylation is 1. The number of nitrogens with one attached hydrogen (secondary N) is 1. The average Bonchev–Trinajstić information content (AvgIpc) is 2.83. The second-order valence-electron chi connectivity index (χ2n) is 5.44. The van der Waals surface area contributed by atoms with Gasteiger partial charge in [0, 0.05) is 10.4 Å². The molecule has 3 N–H and O–H groups in total. The van der Waals surface area contributed by atoms with E-state index in [1.165, 1.54) is 16.9 Å². The average molecular weight is 347 g/mol. The van der Waals surface area contributed by atoms with Gasteiger partial charge in [-0.1, -0.05) is 30.3 Å². The molecule has 5 nitrogen and oxygen atoms in total. The Hall–Kier alpha value is -2.18. The van der Waals surface area contributed by atoms with Crippen LogP contribution in [-0.4, -0.2) is 25.0 Å². The number of thiophene rings is 1. The number of carbonyl (C=O) groups excluding carboxylic acids is 2. The summed E-state index contributed by atoms with van der Waals surface area (Å²) in [6, 6.07) is 9.98. The van der Waals surface area contributed by atoms with Crippen LogP contribution < -0.4 is 10.6 Å². The van der Waals surface area contributed by atoms with Crippen LogP contribution in [0.1, 0.15) is 33.3 Å². The molecule has 6 heteroatoms. The quantitative estimate of drug-likeness (QED) is 0.755. The number of quaternary nitrogens is 1. The Morgan fingerprint density at radius 1 is 1.21 bits per heavy atom. The van der Waals surface area contributed by atoms with Gasteiger partial charge in [-0.3, -0.25) is 4.79 Å². The predicted octanol–water partition coefficient (Wildman–Crippen LogP) is 2.24. The molecule has 0 atom stereocenters. The molecule has 1 aromatic carbocycles. The maximum atomic E-state index is 12.2. The predicted molar refractivity (Wildman–Crippen MR) is 95.3 cm³/mol. The molecule has 24 heavy (non-hydrogen) atoms. The van der Waals surface area contributed by atoms with E-state index < -0.39 is 0 Å². The number of hydrogen-bond acceptors (Lipinski definition) is 4. The molecule has 1 amide bonds. The topological polar surface area (TPSA) is 72.0 Å². The number of nitrogens with two attached hydrogens (primary N) is 1. The molecular weight excluding hydrogens is 324 g/mol. The molecule has 0 spiro atoms. The van der Waals surface area contributed by atoms with Crippen molar-refractivity contribution in [3.05, 3.63) is 51.9 Å². The first-order valence-corrected chi connectivity index (χ1v) is 8.77. The molecule has 128 valence electrons. The first-order chi connectivity index (χ1) is 11.5. The van der Waals surface area contributed by atoms with E-state index in [-0.39, 0.29) is 11.9 Å². The number of amides is 1. The summed E-state index contributed by atoms with van der Waals surface area (Å²) in [5.41, 5.74) is 2.50. The van der Waals surface area contributed by atoms with Crippen LogP contribution in [0.2, 0.25) is 0 Å². The number of carbonyl (C=O) groups is 2. The molecule has 0 saturated heterocycles. The van der Waals surface area contributed by atoms with E-state index in [2.05, 4.69) is 5.32 Å². The third-order valence-corrected chi connectivity index (χ3v) is 4.79. The largest absolute Gasteiger partial charge is 0.462 e. The van der Waals surface area contributed by atoms with Crippen molar-refractivity contribution in [3.8, 4) is 0 Å². The zero-order valence-corrected chi connectivity index (χ0v) is 15.0. The minimum atomic E-state index is -0.386. The van der Waals surface area contributed by atoms with Crippen molar-refractivity contribution in [2.45, 2.75) is 27.3 Å². The standard InChI is InChI=1S/C18H22N2O3S/c1-4-23-18(22)16-12(2)13(3)24-17(16)20-15(21)11-19-10-14-8-6-5-7-9-14/h5-9,19H,4,10-11H2,1-3H3,(H,20,21)/p+1. The van der Waals surface area contributed by atoms with Crippen molar-refractivity contribution in [2.24, 2.45) is 0 Å². The fourth-order valence-electron chi connectivity index (χ4n) is 2.33. The van der Waals surface area contributed by atoms with Crippen molar-refractivity contribution in [2.75, 3.05) is 18.5 Å². The van der Waals surface area contributed by atoms with Crippen molar-refractivity contribution in [1.29, 1.82) is 0 Å². The van der Waals surface area contributed by atoms with Crippen molar-refractivity contribution < 1.29 is 19.6 Å². The van der Waals surface area contributed by atoms with Gasteiger partial charge < -0.3 is 15.4 Å². The van der Waals surface area contributed by atoms with Crippen molar-refractivity contribution >= 4 is 28.2 Å². The number of anilines is 1. The highest BCUT2D eigenvalue weighted by Gasteiger charge is 2.22. The lowest BCUT2D eigenvalue weighted by Crippen LogP contribution is -2.84. The van der Waals surface area contributed by atoms with Crippen LogP contribution in [0, 0.1) is 13.8 Å². The molecule has 1 aromatic heterocycles. The summed E-state index contributed by atoms with van der Waals surface area (Å²) >= 11 is 1.41. The van der Waals surface area contributed by atoms with E-state index in [9.17, 15) is 9.59 Å². The first-order valence-electron chi connectivity index (χ1n) is 7.95. The minimum absolute atomic E-state index is 0.127. The number of ether oxygens (including phenoxy) is 1. The van der Waals surface area contributed by atoms with E-state index in [4.69, 9.17) is 4.74 Å². The van der Waals surface area contributed by atoms with Crippen LogP contribution in [0.25, 0.3) is 0 Å². The molecular formula is C18H23N2O3S+. The molecule has 0 fully saturated rings. The summed E-state index contributed by atoms with van der Waals surface area (Å²) in [7, 11) is 0. The molecule has 1 heterocycles. The fourth-order valence-corrected chi connectivity index (χ4v) is 3.39. The highest BCUT2D eigenvalue weighted by molar-refractivity contribution is 7.16. The Kier molecular flexibility index (Phi) is 6.52. The normalized spacial score (nSPS) is 10.5. The van der Waals surface area contributed by atoms with Gasteiger partial charge in [-0.2, -0.15) is 0 Å². The van der Waals surface area contributed by atoms with Gasteiger partial charge in [0.05, 0.1) is 12.2 Å². The van der Waals surface area contributed by atoms with Gasteiger partial charge >= 0.3 is 5.97 Å². The zero-order chi connectivity index (χ0) is 17.5. The minimum Gasteiger partial charge on any atom is -0.462 e. The molecule has 0 aliphatic heterocycles. The molecule has 2 aromatic rings. The summed E-state index contributed by atoms with van der Waals surface area (Å²) in [6.07, 6.45) is 0. The van der Waals surface area contributed by atoms with E-state index in [1.54, 1.807) is 6.92 Å². The molecule has 0 aliphatic rings. The Labute approximate surface area is 146 Å². The second kappa shape index (κ2) is 8.61. The van der Waals surface area contributed by atoms with Gasteiger partial charge in [-0.05, 0) is 26.3 Å². The first kappa shape index (κ1) is 18.2. The summed E-state index contributed by atoms with van der Waals surface area (Å²) in [5, 5.41) is 5.35. The Morgan fingerprint density at radius 3 is 2.58 bits per heavy atom. The van der Waals surface area contributed by atoms with Crippen molar-refractivity contribution in [1.82, 2.24) is 0 Å². The smallest absolute Gasteiger partial charge is 0.341 e. The maximum absolute atomic E-state index is 12.2. The number of rotatable bonds is 7. The zero-order valence-electron chi connectivity index (χ0n) is 14.2. The number of hydrogen-bond donors (Lipinski definition) is 2. The maximum Gasteiger partial charge on any atom is 0.341 e. The van der Waals surface area contributed by atoms with Gasteiger partial charge in [0.1, 0.15) is 11.5 Å². The van der Waals surface area contributed by atoms with Crippen LogP contribution in [0.3, 0.4) is 0 Å². The monoisotopic (exact) mass is 347 g/mol. The van der Waals surface area contributed by atoms with Crippen LogP contribution in [0.4, 0.5) is 5.00 Å².